The molecule has 0 bridgehead atoms. The van der Waals surface area contributed by atoms with Crippen molar-refractivity contribution in [2.75, 3.05) is 13.1 Å². The molecule has 0 aromatic heterocycles. The first kappa shape index (κ1) is 16.6. The fraction of sp³-hybridized carbons (Fsp3) is 0.467. The number of phenols is 1. The van der Waals surface area contributed by atoms with Crippen LogP contribution in [-0.4, -0.2) is 46.7 Å². The van der Waals surface area contributed by atoms with Crippen molar-refractivity contribution in [2.24, 2.45) is 11.7 Å². The minimum Gasteiger partial charge on any atom is -0.504 e. The van der Waals surface area contributed by atoms with Crippen LogP contribution in [0.4, 0.5) is 18.0 Å². The number of Topliss-reactive ketones (excluding diaryl/α,β-unsaturated/α-hetero) is 1. The number of ether oxygens (including phenoxy) is 1. The predicted molar refractivity (Wildman–Crippen MR) is 75.5 cm³/mol. The van der Waals surface area contributed by atoms with E-state index in [1.54, 1.807) is 0 Å². The number of alkyl halides is 3. The van der Waals surface area contributed by atoms with Crippen molar-refractivity contribution >= 4 is 11.9 Å². The maximum Gasteiger partial charge on any atom is 0.450 e. The number of nitrogens with two attached hydrogens (primary N) is 1. The summed E-state index contributed by atoms with van der Waals surface area (Å²) >= 11 is 0. The molecule has 2 fully saturated rings. The Balaban J connectivity index is 1.75. The molecule has 24 heavy (non-hydrogen) atoms. The van der Waals surface area contributed by atoms with Gasteiger partial charge in [-0.25, -0.2) is 4.79 Å². The summed E-state index contributed by atoms with van der Waals surface area (Å²) in [7, 11) is 0. The number of phenolic OH excluding ortho intramolecular Hbond substituents is 1. The van der Waals surface area contributed by atoms with E-state index in [9.17, 15) is 27.9 Å². The van der Waals surface area contributed by atoms with Gasteiger partial charge in [0, 0.05) is 30.6 Å². The van der Waals surface area contributed by atoms with Gasteiger partial charge >= 0.3 is 12.3 Å². The van der Waals surface area contributed by atoms with Gasteiger partial charge in [0.05, 0.1) is 0 Å². The highest BCUT2D eigenvalue weighted by atomic mass is 19.4. The van der Waals surface area contributed by atoms with Crippen LogP contribution >= 0.6 is 0 Å². The molecular weight excluding hydrogens is 329 g/mol. The molecule has 1 aromatic rings. The Morgan fingerprint density at radius 3 is 2.71 bits per heavy atom. The van der Waals surface area contributed by atoms with Gasteiger partial charge in [0.15, 0.2) is 11.5 Å². The minimum absolute atomic E-state index is 0.195. The van der Waals surface area contributed by atoms with Crippen molar-refractivity contribution in [3.05, 3.63) is 23.8 Å². The van der Waals surface area contributed by atoms with Crippen molar-refractivity contribution in [3.63, 3.8) is 0 Å². The first-order chi connectivity index (χ1) is 11.1. The molecular formula is C15H15F3N2O4. The molecule has 1 aromatic carbocycles. The molecule has 2 aliphatic rings. The van der Waals surface area contributed by atoms with Gasteiger partial charge in [-0.15, -0.1) is 0 Å². The molecule has 1 amide bonds. The highest BCUT2D eigenvalue weighted by Crippen LogP contribution is 2.47. The average Bonchev–Trinajstić information content (AvgIpc) is 2.98. The van der Waals surface area contributed by atoms with Crippen LogP contribution in [0.5, 0.6) is 11.5 Å². The van der Waals surface area contributed by atoms with Crippen LogP contribution in [0.3, 0.4) is 0 Å². The van der Waals surface area contributed by atoms with E-state index in [2.05, 4.69) is 0 Å². The van der Waals surface area contributed by atoms with Crippen LogP contribution in [0.25, 0.3) is 0 Å². The van der Waals surface area contributed by atoms with Crippen molar-refractivity contribution in [2.45, 2.75) is 24.6 Å². The van der Waals surface area contributed by atoms with E-state index in [0.717, 1.165) is 12.5 Å². The minimum atomic E-state index is -5.01. The van der Waals surface area contributed by atoms with E-state index in [0.29, 0.717) is 13.1 Å². The molecule has 6 nitrogen and oxygen atoms in total. The molecule has 1 aliphatic carbocycles. The number of piperidine rings is 1. The summed E-state index contributed by atoms with van der Waals surface area (Å²) in [4.78, 5) is 24.6. The molecule has 0 spiro atoms. The number of halogens is 3. The second kappa shape index (κ2) is 5.37. The number of carbonyl (C=O) groups is 2. The molecule has 1 saturated heterocycles. The van der Waals surface area contributed by atoms with Gasteiger partial charge in [-0.05, 0) is 18.4 Å². The highest BCUT2D eigenvalue weighted by Gasteiger charge is 2.58. The fourth-order valence-corrected chi connectivity index (χ4v) is 2.92. The first-order valence-corrected chi connectivity index (χ1v) is 7.27. The van der Waals surface area contributed by atoms with Gasteiger partial charge in [0.2, 0.25) is 5.78 Å². The second-order valence-electron chi connectivity index (χ2n) is 6.25. The monoisotopic (exact) mass is 344 g/mol. The molecule has 3 N–H and O–H groups in total. The summed E-state index contributed by atoms with van der Waals surface area (Å²) < 4.78 is 42.3. The Kier molecular flexibility index (Phi) is 3.71. The van der Waals surface area contributed by atoms with Crippen molar-refractivity contribution in [1.29, 1.82) is 0 Å². The number of hydrogen-bond acceptors (Lipinski definition) is 5. The third kappa shape index (κ3) is 3.03. The van der Waals surface area contributed by atoms with E-state index < -0.39 is 41.5 Å². The lowest BCUT2D eigenvalue weighted by Crippen LogP contribution is -2.38. The third-order valence-electron chi connectivity index (χ3n) is 4.40. The Bertz CT molecular complexity index is 706. The summed E-state index contributed by atoms with van der Waals surface area (Å²) in [6.07, 6.45) is -6.02. The van der Waals surface area contributed by atoms with Gasteiger partial charge in [-0.1, -0.05) is 12.1 Å². The summed E-state index contributed by atoms with van der Waals surface area (Å²) in [6.45, 7) is 0.695. The van der Waals surface area contributed by atoms with E-state index in [1.165, 1.54) is 17.0 Å². The van der Waals surface area contributed by atoms with Crippen molar-refractivity contribution in [1.82, 2.24) is 4.90 Å². The predicted octanol–water partition coefficient (Wildman–Crippen LogP) is 1.60. The number of nitrogens with zero attached hydrogens (tertiary/aromatic N) is 1. The number of aromatic hydroxyl groups is 1. The lowest BCUT2D eigenvalue weighted by molar-refractivity contribution is -0.170. The largest absolute Gasteiger partial charge is 0.504 e. The number of benzene rings is 1. The zero-order chi connectivity index (χ0) is 17.7. The summed E-state index contributed by atoms with van der Waals surface area (Å²) in [5.74, 6) is -2.75. The number of para-hydroxylation sites is 1. The quantitative estimate of drug-likeness (QED) is 0.869. The zero-order valence-corrected chi connectivity index (χ0v) is 12.5. The fourth-order valence-electron chi connectivity index (χ4n) is 2.92. The molecule has 1 saturated carbocycles. The normalized spacial score (nSPS) is 25.3. The number of carbonyl (C=O) groups excluding carboxylic acids is 2. The standard InChI is InChI=1S/C15H15F3N2O4/c16-15(17,18)11(22)4-8-2-1-3-10(21)12(8)24-13(23)20-6-9-5-14(9,19)7-20/h1-3,9,21H,4-7,19H2/t9-,14-/m1/s1. The number of fused-ring (bicyclic) bond motifs is 1. The van der Waals surface area contributed by atoms with Gasteiger partial charge in [-0.2, -0.15) is 13.2 Å². The highest BCUT2D eigenvalue weighted by molar-refractivity contribution is 5.87. The van der Waals surface area contributed by atoms with Gasteiger partial charge < -0.3 is 20.5 Å². The van der Waals surface area contributed by atoms with Crippen molar-refractivity contribution < 1.29 is 32.6 Å². The van der Waals surface area contributed by atoms with Gasteiger partial charge in [0.25, 0.3) is 0 Å². The molecule has 130 valence electrons. The summed E-state index contributed by atoms with van der Waals surface area (Å²) in [5.41, 5.74) is 5.36. The van der Waals surface area contributed by atoms with E-state index in [4.69, 9.17) is 10.5 Å². The molecule has 1 heterocycles. The molecule has 9 heteroatoms. The first-order valence-electron chi connectivity index (χ1n) is 7.27. The topological polar surface area (TPSA) is 92.9 Å². The van der Waals surface area contributed by atoms with E-state index in [-0.39, 0.29) is 11.5 Å². The number of likely N-dealkylation sites (tertiary alicyclic amines) is 1. The lowest BCUT2D eigenvalue weighted by Gasteiger charge is -2.20. The molecule has 3 rings (SSSR count). The van der Waals surface area contributed by atoms with Crippen LogP contribution in [0.1, 0.15) is 12.0 Å². The Labute approximate surface area is 135 Å². The van der Waals surface area contributed by atoms with Crippen molar-refractivity contribution in [3.8, 4) is 11.5 Å². The van der Waals surface area contributed by atoms with Crippen LogP contribution in [0.2, 0.25) is 0 Å². The second-order valence-corrected chi connectivity index (χ2v) is 6.25. The van der Waals surface area contributed by atoms with E-state index >= 15 is 0 Å². The number of rotatable bonds is 3. The maximum atomic E-state index is 12.4. The average molecular weight is 344 g/mol. The van der Waals surface area contributed by atoms with Crippen LogP contribution in [0, 0.1) is 5.92 Å². The Hall–Kier alpha value is -2.29. The number of ketones is 1. The Morgan fingerprint density at radius 1 is 1.42 bits per heavy atom. The molecule has 2 atom stereocenters. The maximum absolute atomic E-state index is 12.4. The number of hydrogen-bond donors (Lipinski definition) is 2. The van der Waals surface area contributed by atoms with E-state index in [1.807, 2.05) is 0 Å². The SMILES string of the molecule is N[C@@]12C[C@@H]1CN(C(=O)Oc1c(O)cccc1CC(=O)C(F)(F)F)C2. The number of amides is 1. The summed E-state index contributed by atoms with van der Waals surface area (Å²) in [6, 6.07) is 3.62. The van der Waals surface area contributed by atoms with Crippen LogP contribution < -0.4 is 10.5 Å². The molecule has 0 unspecified atom stereocenters. The lowest BCUT2D eigenvalue weighted by atomic mass is 10.1. The molecule has 0 radical (unpaired) electrons. The Morgan fingerprint density at radius 2 is 2.12 bits per heavy atom. The third-order valence-corrected chi connectivity index (χ3v) is 4.40. The van der Waals surface area contributed by atoms with Gasteiger partial charge in [-0.3, -0.25) is 4.79 Å². The van der Waals surface area contributed by atoms with Crippen LogP contribution in [-0.2, 0) is 11.2 Å². The smallest absolute Gasteiger partial charge is 0.450 e. The molecule has 1 aliphatic heterocycles. The van der Waals surface area contributed by atoms with Gasteiger partial charge in [0.1, 0.15) is 0 Å². The summed E-state index contributed by atoms with van der Waals surface area (Å²) in [5, 5.41) is 9.80. The zero-order valence-electron chi connectivity index (χ0n) is 12.5. The van der Waals surface area contributed by atoms with Crippen LogP contribution in [0.15, 0.2) is 18.2 Å².